The number of aliphatic carboxylic acids is 1. The average molecular weight is 241 g/mol. The lowest BCUT2D eigenvalue weighted by Crippen LogP contribution is -2.56. The van der Waals surface area contributed by atoms with E-state index in [1.165, 1.54) is 19.3 Å². The number of nitrogens with one attached hydrogen (secondary N) is 1. The SMILES string of the molecule is CC(C)C(C)NC1(C(=O)O)CCCCCCC1. The van der Waals surface area contributed by atoms with Crippen LogP contribution >= 0.6 is 0 Å². The Labute approximate surface area is 105 Å². The Morgan fingerprint density at radius 3 is 1.94 bits per heavy atom. The molecule has 17 heavy (non-hydrogen) atoms. The van der Waals surface area contributed by atoms with Crippen LogP contribution in [0.25, 0.3) is 0 Å². The largest absolute Gasteiger partial charge is 0.480 e. The molecule has 0 aromatic heterocycles. The maximum Gasteiger partial charge on any atom is 0.323 e. The maximum absolute atomic E-state index is 11.6. The first kappa shape index (κ1) is 14.5. The predicted octanol–water partition coefficient (Wildman–Crippen LogP) is 3.19. The number of hydrogen-bond donors (Lipinski definition) is 2. The fourth-order valence-electron chi connectivity index (χ4n) is 2.53. The molecule has 0 aliphatic heterocycles. The summed E-state index contributed by atoms with van der Waals surface area (Å²) in [4.78, 5) is 11.6. The number of carboxylic acids is 1. The van der Waals surface area contributed by atoms with Crippen molar-refractivity contribution in [1.82, 2.24) is 5.32 Å². The summed E-state index contributed by atoms with van der Waals surface area (Å²) in [5.41, 5.74) is -0.676. The van der Waals surface area contributed by atoms with Gasteiger partial charge in [0.25, 0.3) is 0 Å². The van der Waals surface area contributed by atoms with Crippen LogP contribution in [0.5, 0.6) is 0 Å². The van der Waals surface area contributed by atoms with Crippen molar-refractivity contribution in [2.24, 2.45) is 5.92 Å². The molecule has 0 aromatic rings. The van der Waals surface area contributed by atoms with E-state index < -0.39 is 11.5 Å². The third-order valence-corrected chi connectivity index (χ3v) is 4.12. The second-order valence-corrected chi connectivity index (χ2v) is 5.83. The van der Waals surface area contributed by atoms with Crippen molar-refractivity contribution in [3.63, 3.8) is 0 Å². The maximum atomic E-state index is 11.6. The van der Waals surface area contributed by atoms with Gasteiger partial charge in [-0.25, -0.2) is 0 Å². The monoisotopic (exact) mass is 241 g/mol. The lowest BCUT2D eigenvalue weighted by molar-refractivity contribution is -0.146. The summed E-state index contributed by atoms with van der Waals surface area (Å²) < 4.78 is 0. The van der Waals surface area contributed by atoms with Crippen LogP contribution in [0.4, 0.5) is 0 Å². The van der Waals surface area contributed by atoms with Crippen LogP contribution < -0.4 is 5.32 Å². The van der Waals surface area contributed by atoms with Gasteiger partial charge in [-0.2, -0.15) is 0 Å². The van der Waals surface area contributed by atoms with Gasteiger partial charge in [0, 0.05) is 6.04 Å². The first-order valence-corrected chi connectivity index (χ1v) is 6.99. The second kappa shape index (κ2) is 6.39. The van der Waals surface area contributed by atoms with Crippen LogP contribution in [0.3, 0.4) is 0 Å². The highest BCUT2D eigenvalue weighted by Gasteiger charge is 2.39. The molecule has 2 N–H and O–H groups in total. The Kier molecular flexibility index (Phi) is 5.44. The first-order valence-electron chi connectivity index (χ1n) is 6.99. The summed E-state index contributed by atoms with van der Waals surface area (Å²) in [5, 5.41) is 13.0. The molecule has 0 bridgehead atoms. The van der Waals surface area contributed by atoms with E-state index in [1.807, 2.05) is 0 Å². The molecule has 0 aromatic carbocycles. The van der Waals surface area contributed by atoms with Crippen molar-refractivity contribution < 1.29 is 9.90 Å². The van der Waals surface area contributed by atoms with E-state index in [4.69, 9.17) is 0 Å². The van der Waals surface area contributed by atoms with Crippen molar-refractivity contribution in [3.05, 3.63) is 0 Å². The molecule has 3 heteroatoms. The van der Waals surface area contributed by atoms with E-state index in [-0.39, 0.29) is 6.04 Å². The Morgan fingerprint density at radius 2 is 1.53 bits per heavy atom. The van der Waals surface area contributed by atoms with Gasteiger partial charge in [0.15, 0.2) is 0 Å². The number of carboxylic acid groups (broad SMARTS) is 1. The number of rotatable bonds is 4. The molecule has 1 fully saturated rings. The van der Waals surface area contributed by atoms with Crippen LogP contribution in [0, 0.1) is 5.92 Å². The quantitative estimate of drug-likeness (QED) is 0.794. The highest BCUT2D eigenvalue weighted by Crippen LogP contribution is 2.28. The van der Waals surface area contributed by atoms with Gasteiger partial charge in [0.1, 0.15) is 5.54 Å². The van der Waals surface area contributed by atoms with Gasteiger partial charge < -0.3 is 5.11 Å². The molecule has 1 saturated carbocycles. The van der Waals surface area contributed by atoms with Crippen LogP contribution in [-0.4, -0.2) is 22.7 Å². The highest BCUT2D eigenvalue weighted by atomic mass is 16.4. The van der Waals surface area contributed by atoms with Crippen LogP contribution in [0.1, 0.15) is 65.7 Å². The standard InChI is InChI=1S/C14H27NO2/c1-11(2)12(3)15-14(13(16)17)9-7-5-4-6-8-10-14/h11-12,15H,4-10H2,1-3H3,(H,16,17). The minimum atomic E-state index is -0.676. The molecule has 100 valence electrons. The molecule has 1 atom stereocenters. The Balaban J connectivity index is 2.74. The molecule has 0 saturated heterocycles. The molecular formula is C14H27NO2. The van der Waals surface area contributed by atoms with Gasteiger partial charge >= 0.3 is 5.97 Å². The van der Waals surface area contributed by atoms with E-state index in [0.717, 1.165) is 25.7 Å². The van der Waals surface area contributed by atoms with E-state index in [1.54, 1.807) is 0 Å². The van der Waals surface area contributed by atoms with Gasteiger partial charge in [-0.15, -0.1) is 0 Å². The third-order valence-electron chi connectivity index (χ3n) is 4.12. The first-order chi connectivity index (χ1) is 7.98. The zero-order valence-corrected chi connectivity index (χ0v) is 11.5. The zero-order valence-electron chi connectivity index (χ0n) is 11.5. The molecule has 3 nitrogen and oxygen atoms in total. The highest BCUT2D eigenvalue weighted by molar-refractivity contribution is 5.78. The minimum absolute atomic E-state index is 0.255. The molecule has 1 rings (SSSR count). The topological polar surface area (TPSA) is 49.3 Å². The van der Waals surface area contributed by atoms with Crippen molar-refractivity contribution in [2.75, 3.05) is 0 Å². The zero-order chi connectivity index (χ0) is 12.9. The lowest BCUT2D eigenvalue weighted by atomic mass is 9.82. The average Bonchev–Trinajstić information content (AvgIpc) is 2.21. The molecule has 0 radical (unpaired) electrons. The molecule has 1 unspecified atom stereocenters. The van der Waals surface area contributed by atoms with Crippen molar-refractivity contribution in [3.8, 4) is 0 Å². The van der Waals surface area contributed by atoms with E-state index >= 15 is 0 Å². The van der Waals surface area contributed by atoms with E-state index in [2.05, 4.69) is 26.1 Å². The Morgan fingerprint density at radius 1 is 1.06 bits per heavy atom. The van der Waals surface area contributed by atoms with Gasteiger partial charge in [-0.3, -0.25) is 10.1 Å². The van der Waals surface area contributed by atoms with E-state index in [9.17, 15) is 9.90 Å². The summed E-state index contributed by atoms with van der Waals surface area (Å²) in [6.45, 7) is 6.36. The smallest absolute Gasteiger partial charge is 0.323 e. The van der Waals surface area contributed by atoms with Gasteiger partial charge in [-0.1, -0.05) is 46.0 Å². The Bertz CT molecular complexity index is 243. The molecule has 0 amide bonds. The van der Waals surface area contributed by atoms with Gasteiger partial charge in [0.2, 0.25) is 0 Å². The number of hydrogen-bond acceptors (Lipinski definition) is 2. The molecule has 1 aliphatic carbocycles. The minimum Gasteiger partial charge on any atom is -0.480 e. The van der Waals surface area contributed by atoms with Crippen LogP contribution in [-0.2, 0) is 4.79 Å². The summed E-state index contributed by atoms with van der Waals surface area (Å²) >= 11 is 0. The van der Waals surface area contributed by atoms with Crippen molar-refractivity contribution >= 4 is 5.97 Å². The molecule has 0 spiro atoms. The fourth-order valence-corrected chi connectivity index (χ4v) is 2.53. The van der Waals surface area contributed by atoms with Gasteiger partial charge in [-0.05, 0) is 25.7 Å². The van der Waals surface area contributed by atoms with Crippen molar-refractivity contribution in [1.29, 1.82) is 0 Å². The lowest BCUT2D eigenvalue weighted by Gasteiger charge is -2.36. The predicted molar refractivity (Wildman–Crippen MR) is 70.1 cm³/mol. The van der Waals surface area contributed by atoms with Gasteiger partial charge in [0.05, 0.1) is 0 Å². The van der Waals surface area contributed by atoms with Crippen LogP contribution in [0.2, 0.25) is 0 Å². The molecule has 0 heterocycles. The van der Waals surface area contributed by atoms with Crippen molar-refractivity contribution in [2.45, 2.75) is 77.3 Å². The number of carbonyl (C=O) groups is 1. The third kappa shape index (κ3) is 3.98. The summed E-state index contributed by atoms with van der Waals surface area (Å²) in [6, 6.07) is 0.255. The normalized spacial score (nSPS) is 22.8. The molecule has 1 aliphatic rings. The molecular weight excluding hydrogens is 214 g/mol. The van der Waals surface area contributed by atoms with E-state index in [0.29, 0.717) is 5.92 Å². The summed E-state index contributed by atoms with van der Waals surface area (Å²) in [5.74, 6) is -0.191. The van der Waals surface area contributed by atoms with Crippen LogP contribution in [0.15, 0.2) is 0 Å². The fraction of sp³-hybridized carbons (Fsp3) is 0.929. The summed E-state index contributed by atoms with van der Waals surface area (Å²) in [6.07, 6.45) is 7.22. The second-order valence-electron chi connectivity index (χ2n) is 5.83. The Hall–Kier alpha value is -0.570. The summed E-state index contributed by atoms with van der Waals surface area (Å²) in [7, 11) is 0.